The van der Waals surface area contributed by atoms with Crippen LogP contribution >= 0.6 is 0 Å². The fourth-order valence-electron chi connectivity index (χ4n) is 4.69. The smallest absolute Gasteiger partial charge is 0.306 e. The quantitative estimate of drug-likeness (QED) is 0.199. The minimum Gasteiger partial charge on any atom is -0.496 e. The topological polar surface area (TPSA) is 142 Å². The summed E-state index contributed by atoms with van der Waals surface area (Å²) in [5.41, 5.74) is 13.7. The number of esters is 2. The highest BCUT2D eigenvalue weighted by Crippen LogP contribution is 2.10. The lowest BCUT2D eigenvalue weighted by atomic mass is 10.1. The highest BCUT2D eigenvalue weighted by molar-refractivity contribution is 5.70. The van der Waals surface area contributed by atoms with Gasteiger partial charge in [-0.05, 0) is 84.1 Å². The summed E-state index contributed by atoms with van der Waals surface area (Å²) in [6, 6.07) is 0. The molecule has 0 aromatic heterocycles. The number of ether oxygens (including phenoxy) is 6. The normalized spacial score (nSPS) is 26.3. The summed E-state index contributed by atoms with van der Waals surface area (Å²) in [5, 5.41) is 0. The summed E-state index contributed by atoms with van der Waals surface area (Å²) in [7, 11) is 0. The standard InChI is InChI=1S/C45H68N2O8/c1-3-40(46)28-30-42-38-50-32-20-12-7-5-10-18-26-44(48)54-36-24-15-9-13-21-33-51-39-43(31-29-41(47)4-2)53-35-23-16-17-25-37-55-45(49)27-19-11-6-8-14-22-34-52-42/h3-6,10-15,17,20-25,35,42-43H,7-9,16,18-19,26-34,36-39,46-47H2,1-2H3/b10-5+,11-6+,20-12+,21-13+,22-14+,24-15+,25-17+,35-23+,40-3-,41-4-. The van der Waals surface area contributed by atoms with E-state index < -0.39 is 0 Å². The van der Waals surface area contributed by atoms with Crippen LogP contribution in [0.15, 0.2) is 121 Å². The molecule has 4 N–H and O–H groups in total. The highest BCUT2D eigenvalue weighted by atomic mass is 16.5. The summed E-state index contributed by atoms with van der Waals surface area (Å²) in [6.45, 7) is 6.66. The Balaban J connectivity index is 2.68. The number of carbonyl (C=O) groups excluding carboxylic acids is 2. The minimum atomic E-state index is -0.228. The van der Waals surface area contributed by atoms with Crippen LogP contribution in [0, 0.1) is 0 Å². The van der Waals surface area contributed by atoms with E-state index in [-0.39, 0.29) is 37.4 Å². The van der Waals surface area contributed by atoms with E-state index in [2.05, 4.69) is 0 Å². The van der Waals surface area contributed by atoms with Crippen LogP contribution in [0.25, 0.3) is 0 Å². The highest BCUT2D eigenvalue weighted by Gasteiger charge is 2.10. The molecule has 1 aliphatic rings. The molecule has 10 heteroatoms. The van der Waals surface area contributed by atoms with Gasteiger partial charge in [0.1, 0.15) is 19.3 Å². The van der Waals surface area contributed by atoms with E-state index in [1.165, 1.54) is 0 Å². The third-order valence-corrected chi connectivity index (χ3v) is 8.05. The lowest BCUT2D eigenvalue weighted by molar-refractivity contribution is -0.143. The molecular weight excluding hydrogens is 697 g/mol. The van der Waals surface area contributed by atoms with Crippen LogP contribution in [0.3, 0.4) is 0 Å². The maximum Gasteiger partial charge on any atom is 0.306 e. The number of rotatable bonds is 6. The van der Waals surface area contributed by atoms with E-state index >= 15 is 0 Å². The summed E-state index contributed by atoms with van der Waals surface area (Å²) >= 11 is 0. The zero-order chi connectivity index (χ0) is 39.9. The molecule has 0 spiro atoms. The second-order valence-electron chi connectivity index (χ2n) is 12.7. The van der Waals surface area contributed by atoms with Crippen molar-refractivity contribution in [2.45, 2.75) is 103 Å². The molecule has 0 amide bonds. The van der Waals surface area contributed by atoms with Gasteiger partial charge in [0.25, 0.3) is 0 Å². The van der Waals surface area contributed by atoms with Crippen LogP contribution in [0.2, 0.25) is 0 Å². The molecule has 0 fully saturated rings. The lowest BCUT2D eigenvalue weighted by Crippen LogP contribution is -2.21. The Bertz CT molecular complexity index is 1310. The first-order chi connectivity index (χ1) is 26.9. The molecule has 0 bridgehead atoms. The van der Waals surface area contributed by atoms with Crippen LogP contribution in [-0.4, -0.2) is 70.4 Å². The largest absolute Gasteiger partial charge is 0.496 e. The van der Waals surface area contributed by atoms with Crippen molar-refractivity contribution in [1.29, 1.82) is 0 Å². The number of allylic oxidation sites excluding steroid dienone is 14. The van der Waals surface area contributed by atoms with Crippen molar-refractivity contribution >= 4 is 11.9 Å². The maximum atomic E-state index is 12.1. The van der Waals surface area contributed by atoms with Gasteiger partial charge in [0.05, 0.1) is 45.4 Å². The molecule has 55 heavy (non-hydrogen) atoms. The van der Waals surface area contributed by atoms with Crippen molar-refractivity contribution in [3.8, 4) is 0 Å². The van der Waals surface area contributed by atoms with Crippen molar-refractivity contribution in [2.75, 3.05) is 46.2 Å². The van der Waals surface area contributed by atoms with Crippen LogP contribution in [-0.2, 0) is 38.0 Å². The summed E-state index contributed by atoms with van der Waals surface area (Å²) in [5.74, 6) is -0.446. The van der Waals surface area contributed by atoms with Gasteiger partial charge in [-0.25, -0.2) is 0 Å². The van der Waals surface area contributed by atoms with E-state index in [1.54, 1.807) is 6.26 Å². The Labute approximate surface area is 331 Å². The van der Waals surface area contributed by atoms with Crippen molar-refractivity contribution in [3.05, 3.63) is 121 Å². The van der Waals surface area contributed by atoms with E-state index in [9.17, 15) is 9.59 Å². The summed E-state index contributed by atoms with van der Waals surface area (Å²) in [6.07, 6.45) is 42.6. The number of hydrogen-bond acceptors (Lipinski definition) is 10. The second-order valence-corrected chi connectivity index (χ2v) is 12.7. The maximum absolute atomic E-state index is 12.1. The zero-order valence-electron chi connectivity index (χ0n) is 33.4. The van der Waals surface area contributed by atoms with Gasteiger partial charge < -0.3 is 39.9 Å². The number of carbonyl (C=O) groups is 2. The molecule has 0 saturated carbocycles. The van der Waals surface area contributed by atoms with Gasteiger partial charge in [-0.1, -0.05) is 97.2 Å². The first kappa shape index (κ1) is 48.6. The first-order valence-corrected chi connectivity index (χ1v) is 19.7. The van der Waals surface area contributed by atoms with Crippen molar-refractivity contribution < 1.29 is 38.0 Å². The van der Waals surface area contributed by atoms with Crippen LogP contribution < -0.4 is 11.5 Å². The van der Waals surface area contributed by atoms with Crippen LogP contribution in [0.4, 0.5) is 0 Å². The van der Waals surface area contributed by atoms with Crippen molar-refractivity contribution in [3.63, 3.8) is 0 Å². The molecule has 0 aliphatic carbocycles. The van der Waals surface area contributed by atoms with Crippen LogP contribution in [0.1, 0.15) is 90.9 Å². The zero-order valence-corrected chi connectivity index (χ0v) is 33.4. The summed E-state index contributed by atoms with van der Waals surface area (Å²) in [4.78, 5) is 24.1. The van der Waals surface area contributed by atoms with Gasteiger partial charge in [-0.15, -0.1) is 0 Å². The molecule has 0 aromatic carbocycles. The Morgan fingerprint density at radius 1 is 0.564 bits per heavy atom. The Kier molecular flexibility index (Phi) is 32.4. The summed E-state index contributed by atoms with van der Waals surface area (Å²) < 4.78 is 34.3. The lowest BCUT2D eigenvalue weighted by Gasteiger charge is -2.17. The second kappa shape index (κ2) is 36.6. The average Bonchev–Trinajstić information content (AvgIpc) is 3.19. The van der Waals surface area contributed by atoms with Gasteiger partial charge in [0, 0.05) is 24.2 Å². The van der Waals surface area contributed by atoms with E-state index in [0.29, 0.717) is 71.6 Å². The molecule has 10 nitrogen and oxygen atoms in total. The van der Waals surface area contributed by atoms with E-state index in [4.69, 9.17) is 39.9 Å². The molecule has 1 aliphatic heterocycles. The predicted molar refractivity (Wildman–Crippen MR) is 223 cm³/mol. The van der Waals surface area contributed by atoms with Gasteiger partial charge in [-0.3, -0.25) is 9.59 Å². The van der Waals surface area contributed by atoms with Gasteiger partial charge >= 0.3 is 11.9 Å². The molecule has 2 unspecified atom stereocenters. The molecule has 1 heterocycles. The molecule has 1 rings (SSSR count). The molecule has 0 aromatic rings. The number of cyclic esters (lactones) is 2. The van der Waals surface area contributed by atoms with Crippen molar-refractivity contribution in [2.24, 2.45) is 11.5 Å². The number of hydrogen-bond donors (Lipinski definition) is 2. The predicted octanol–water partition coefficient (Wildman–Crippen LogP) is 8.70. The fourth-order valence-corrected chi connectivity index (χ4v) is 4.69. The monoisotopic (exact) mass is 764 g/mol. The molecule has 0 saturated heterocycles. The van der Waals surface area contributed by atoms with Gasteiger partial charge in [0.2, 0.25) is 0 Å². The van der Waals surface area contributed by atoms with E-state index in [1.807, 2.05) is 117 Å². The van der Waals surface area contributed by atoms with Crippen LogP contribution in [0.5, 0.6) is 0 Å². The van der Waals surface area contributed by atoms with Gasteiger partial charge in [-0.2, -0.15) is 0 Å². The first-order valence-electron chi connectivity index (χ1n) is 19.7. The Hall–Kier alpha value is -4.38. The Morgan fingerprint density at radius 2 is 0.982 bits per heavy atom. The van der Waals surface area contributed by atoms with Gasteiger partial charge in [0.15, 0.2) is 0 Å². The fraction of sp³-hybridized carbons (Fsp3) is 0.511. The molecule has 2 atom stereocenters. The van der Waals surface area contributed by atoms with Crippen molar-refractivity contribution in [1.82, 2.24) is 0 Å². The molecule has 0 radical (unpaired) electrons. The van der Waals surface area contributed by atoms with E-state index in [0.717, 1.165) is 49.9 Å². The molecule has 306 valence electrons. The molecular formula is C45H68N2O8. The third-order valence-electron chi connectivity index (χ3n) is 8.05. The third kappa shape index (κ3) is 32.7. The Morgan fingerprint density at radius 3 is 1.49 bits per heavy atom. The number of nitrogens with two attached hydrogens (primary N) is 2. The SMILES string of the molecule is C/C=C(\N)CCC1COC/C=C/C/C=C/COC(=O)CC/C=C/C/C=C/COCC(CC/C(N)=C/C)OC/C=C/C/C=C/CCC(=O)OC/C=C/C/C=C/O1. The average molecular weight is 765 g/mol. The minimum absolute atomic E-state index is 0.0725.